The topological polar surface area (TPSA) is 368 Å². The average Bonchev–Trinajstić information content (AvgIpc) is 3.19. The van der Waals surface area contributed by atoms with E-state index in [0.717, 1.165) is 6.07 Å². The van der Waals surface area contributed by atoms with Gasteiger partial charge in [0.1, 0.15) is 26.0 Å². The van der Waals surface area contributed by atoms with Gasteiger partial charge < -0.3 is 39.6 Å². The maximum atomic E-state index is 12.9. The second kappa shape index (κ2) is 22.7. The molecule has 0 aliphatic carbocycles. The van der Waals surface area contributed by atoms with Crippen LogP contribution in [0.1, 0.15) is 10.4 Å². The summed E-state index contributed by atoms with van der Waals surface area (Å²) < 4.78 is 75.2. The van der Waals surface area contributed by atoms with Crippen LogP contribution in [0.25, 0.3) is 10.8 Å². The molecule has 0 radical (unpaired) electrons. The number of ether oxygens (including phenoxy) is 1. The van der Waals surface area contributed by atoms with E-state index in [1.165, 1.54) is 67.8 Å². The number of aromatic hydroxyl groups is 1. The fraction of sp³-hybridized carbons (Fsp3) is 0.200. The number of H-pyrrole nitrogens is 1. The van der Waals surface area contributed by atoms with Gasteiger partial charge in [0.25, 0.3) is 5.91 Å². The van der Waals surface area contributed by atoms with Crippen LogP contribution in [0.3, 0.4) is 0 Å². The summed E-state index contributed by atoms with van der Waals surface area (Å²) in [5.41, 5.74) is -0.416. The van der Waals surface area contributed by atoms with E-state index in [4.69, 9.17) is 25.3 Å². The minimum Gasteiger partial charge on any atom is -0.744 e. The minimum absolute atomic E-state index is 0. The van der Waals surface area contributed by atoms with E-state index >= 15 is 0 Å². The summed E-state index contributed by atoms with van der Waals surface area (Å²) >= 11 is 0. The molecule has 0 atom stereocenters. The summed E-state index contributed by atoms with van der Waals surface area (Å²) in [6.07, 6.45) is 1.54. The molecule has 0 fully saturated rings. The van der Waals surface area contributed by atoms with Crippen molar-refractivity contribution in [2.24, 2.45) is 20.5 Å². The fourth-order valence-corrected chi connectivity index (χ4v) is 6.38. The molecule has 0 saturated carbocycles. The first-order valence-corrected chi connectivity index (χ1v) is 19.8. The van der Waals surface area contributed by atoms with Crippen LogP contribution in [0.4, 0.5) is 34.4 Å². The zero-order valence-corrected chi connectivity index (χ0v) is 35.7. The standard InChI is InChI=1S/C29H21N9O10S2.C6H15NO3.Na/c1-48-23-12-19(37-36-18-7-4-16-10-20(49(42,43)44)13-24(21(16)11-18)50(45,46)47)8-9-22(23)32-26(39)15-2-5-17(6-3-15)35-38-25-27(40)33-29(31-14-30)34-28(25)41;8-4-1-7(2-5-9)3-6-10;/h2-13H,1H3,(H,32,39)(H,42,43,44)(H,45,46,47)(H3,31,33,34,40,41);8-10H,1-6H2;/q;;+1/p-2. The maximum absolute atomic E-state index is 12.9. The zero-order chi connectivity index (χ0) is 44.0. The molecule has 4 aromatic carbocycles. The van der Waals surface area contributed by atoms with Gasteiger partial charge >= 0.3 is 35.1 Å². The van der Waals surface area contributed by atoms with Crippen LogP contribution in [-0.4, -0.2) is 114 Å². The predicted molar refractivity (Wildman–Crippen MR) is 209 cm³/mol. The van der Waals surface area contributed by atoms with Gasteiger partial charge in [0.15, 0.2) is 6.19 Å². The average molecular weight is 890 g/mol. The Morgan fingerprint density at radius 1 is 0.852 bits per heavy atom. The minimum atomic E-state index is -5.18. The van der Waals surface area contributed by atoms with Gasteiger partial charge in [-0.3, -0.25) is 24.8 Å². The summed E-state index contributed by atoms with van der Waals surface area (Å²) in [6.45, 7) is 1.75. The third-order valence-electron chi connectivity index (χ3n) is 7.84. The van der Waals surface area contributed by atoms with Crippen LogP contribution in [0, 0.1) is 11.5 Å². The molecular formula is C35H34N10NaO13S2-. The van der Waals surface area contributed by atoms with Gasteiger partial charge in [0.05, 0.1) is 59.5 Å². The number of carbonyl (C=O) groups excluding carboxylic acids is 1. The Balaban J connectivity index is 0.000000801. The molecule has 0 bridgehead atoms. The molecule has 1 aromatic heterocycles. The number of aromatic nitrogens is 2. The van der Waals surface area contributed by atoms with Crippen molar-refractivity contribution >= 4 is 71.3 Å². The molecule has 61 heavy (non-hydrogen) atoms. The molecule has 0 aliphatic rings. The van der Waals surface area contributed by atoms with E-state index in [2.05, 4.69) is 41.1 Å². The third-order valence-corrected chi connectivity index (χ3v) is 9.53. The number of fused-ring (bicyclic) bond motifs is 1. The number of azo groups is 2. The van der Waals surface area contributed by atoms with Gasteiger partial charge in [-0.1, -0.05) is 6.07 Å². The first kappa shape index (κ1) is 49.6. The summed E-state index contributed by atoms with van der Waals surface area (Å²) in [6, 6.07) is 15.4. The van der Waals surface area contributed by atoms with Crippen molar-refractivity contribution in [1.82, 2.24) is 14.9 Å². The molecule has 0 saturated heterocycles. The van der Waals surface area contributed by atoms with Crippen molar-refractivity contribution in [2.75, 3.05) is 57.2 Å². The Morgan fingerprint density at radius 3 is 1.97 bits per heavy atom. The zero-order valence-electron chi connectivity index (χ0n) is 32.1. The molecule has 0 unspecified atom stereocenters. The van der Waals surface area contributed by atoms with Gasteiger partial charge in [-0.15, -0.1) is 5.11 Å². The van der Waals surface area contributed by atoms with E-state index < -0.39 is 53.1 Å². The number of benzene rings is 4. The van der Waals surface area contributed by atoms with Gasteiger partial charge in [-0.2, -0.15) is 25.6 Å². The van der Waals surface area contributed by atoms with Crippen molar-refractivity contribution in [3.8, 4) is 17.8 Å². The smallest absolute Gasteiger partial charge is 0.744 e. The summed E-state index contributed by atoms with van der Waals surface area (Å²) in [4.78, 5) is 30.8. The van der Waals surface area contributed by atoms with Crippen molar-refractivity contribution in [2.45, 2.75) is 9.79 Å². The van der Waals surface area contributed by atoms with Crippen LogP contribution in [0.15, 0.2) is 108 Å². The van der Waals surface area contributed by atoms with Crippen molar-refractivity contribution in [1.29, 1.82) is 5.26 Å². The quantitative estimate of drug-likeness (QED) is 0.0220. The van der Waals surface area contributed by atoms with Gasteiger partial charge in [-0.05, 0) is 66.0 Å². The maximum Gasteiger partial charge on any atom is 1.00 e. The number of methoxy groups -OCH3 is 1. The number of nitrogens with one attached hydrogen (secondary N) is 3. The number of aliphatic hydroxyl groups excluding tert-OH is 3. The molecule has 26 heteroatoms. The molecule has 5 aromatic rings. The first-order valence-electron chi connectivity index (χ1n) is 17.0. The SMILES string of the molecule is COc1cc(N=Nc2ccc3cc(S(=O)(=O)[O-])cc(S(=O)(=O)[O-])c3c2)ccc1NC(=O)c1ccc(N=Nc2c(O)[nH]c(NC#N)nc2=O)cc1.OCCN(CCO)CCO.[Na+]. The number of amides is 1. The molecule has 1 amide bonds. The number of carbonyl (C=O) groups is 1. The molecular weight excluding hydrogens is 856 g/mol. The van der Waals surface area contributed by atoms with E-state index in [0.29, 0.717) is 25.7 Å². The monoisotopic (exact) mass is 889 g/mol. The summed E-state index contributed by atoms with van der Waals surface area (Å²) in [5.74, 6) is -1.28. The van der Waals surface area contributed by atoms with E-state index in [1.54, 1.807) is 11.1 Å². The predicted octanol–water partition coefficient (Wildman–Crippen LogP) is -0.309. The molecule has 0 aliphatic heterocycles. The normalized spacial score (nSPS) is 11.5. The van der Waals surface area contributed by atoms with Crippen molar-refractivity contribution in [3.63, 3.8) is 0 Å². The van der Waals surface area contributed by atoms with Crippen LogP contribution in [0.2, 0.25) is 0 Å². The second-order valence-electron chi connectivity index (χ2n) is 11.9. The number of hydrogen-bond donors (Lipinski definition) is 7. The number of anilines is 2. The Morgan fingerprint density at radius 2 is 1.43 bits per heavy atom. The van der Waals surface area contributed by atoms with E-state index in [1.807, 2.05) is 0 Å². The molecule has 7 N–H and O–H groups in total. The number of aromatic amines is 1. The Bertz CT molecular complexity index is 2720. The van der Waals surface area contributed by atoms with Crippen LogP contribution in [-0.2, 0) is 20.2 Å². The molecule has 5 rings (SSSR count). The van der Waals surface area contributed by atoms with Crippen molar-refractivity contribution in [3.05, 3.63) is 88.7 Å². The number of rotatable bonds is 16. The number of nitriles is 1. The largest absolute Gasteiger partial charge is 1.00 e. The van der Waals surface area contributed by atoms with Gasteiger partial charge in [0.2, 0.25) is 17.5 Å². The summed E-state index contributed by atoms with van der Waals surface area (Å²) in [5, 5.41) is 64.2. The fourth-order valence-electron chi connectivity index (χ4n) is 5.06. The van der Waals surface area contributed by atoms with Gasteiger partial charge in [0, 0.05) is 36.7 Å². The van der Waals surface area contributed by atoms with Crippen molar-refractivity contribution < 1.29 is 85.5 Å². The van der Waals surface area contributed by atoms with Gasteiger partial charge in [-0.25, -0.2) is 16.8 Å². The van der Waals surface area contributed by atoms with Crippen LogP contribution < -0.4 is 50.5 Å². The molecule has 316 valence electrons. The number of aliphatic hydroxyl groups is 3. The molecule has 0 spiro atoms. The van der Waals surface area contributed by atoms with E-state index in [9.17, 15) is 40.6 Å². The first-order chi connectivity index (χ1) is 28.5. The van der Waals surface area contributed by atoms with Crippen LogP contribution in [0.5, 0.6) is 11.6 Å². The van der Waals surface area contributed by atoms with Crippen LogP contribution >= 0.6 is 0 Å². The summed E-state index contributed by atoms with van der Waals surface area (Å²) in [7, 11) is -8.88. The Kier molecular flexibility index (Phi) is 18.5. The van der Waals surface area contributed by atoms with E-state index in [-0.39, 0.29) is 100 Å². The third kappa shape index (κ3) is 14.2. The Hall–Kier alpha value is -5.76. The number of hydrogen-bond acceptors (Lipinski definition) is 21. The second-order valence-corrected chi connectivity index (χ2v) is 14.6. The Labute approximate surface area is 368 Å². The molecule has 1 heterocycles. The molecule has 23 nitrogen and oxygen atoms in total. The number of nitrogens with zero attached hydrogens (tertiary/aromatic N) is 7.